The summed E-state index contributed by atoms with van der Waals surface area (Å²) in [5.41, 5.74) is 1.09. The highest BCUT2D eigenvalue weighted by atomic mass is 15.2. The zero-order valence-corrected chi connectivity index (χ0v) is 9.96. The van der Waals surface area contributed by atoms with Gasteiger partial charge in [-0.05, 0) is 12.4 Å². The number of hydrogen-bond acceptors (Lipinski definition) is 4. The summed E-state index contributed by atoms with van der Waals surface area (Å²) in [5, 5.41) is 12.3. The van der Waals surface area contributed by atoms with E-state index in [0.29, 0.717) is 0 Å². The molecule has 3 rings (SSSR count). The molecule has 0 saturated carbocycles. The van der Waals surface area contributed by atoms with Gasteiger partial charge in [0.25, 0.3) is 0 Å². The monoisotopic (exact) mass is 239 g/mol. The van der Waals surface area contributed by atoms with Crippen LogP contribution in [-0.2, 0) is 0 Å². The van der Waals surface area contributed by atoms with Gasteiger partial charge in [-0.1, -0.05) is 24.3 Å². The fourth-order valence-electron chi connectivity index (χ4n) is 2.16. The van der Waals surface area contributed by atoms with Crippen LogP contribution < -0.4 is 5.32 Å². The van der Waals surface area contributed by atoms with Gasteiger partial charge >= 0.3 is 0 Å². The molecule has 0 amide bonds. The molecule has 0 aliphatic carbocycles. The second-order valence-electron chi connectivity index (χ2n) is 4.04. The third kappa shape index (κ3) is 1.74. The first kappa shape index (κ1) is 10.9. The highest BCUT2D eigenvalue weighted by molar-refractivity contribution is 5.85. The molecule has 0 bridgehead atoms. The Morgan fingerprint density at radius 1 is 1.22 bits per heavy atom. The molecule has 5 nitrogen and oxygen atoms in total. The molecule has 90 valence electrons. The van der Waals surface area contributed by atoms with Gasteiger partial charge in [0.1, 0.15) is 12.2 Å². The number of H-pyrrole nitrogens is 1. The van der Waals surface area contributed by atoms with Crippen molar-refractivity contribution < 1.29 is 0 Å². The van der Waals surface area contributed by atoms with Gasteiger partial charge in [0, 0.05) is 23.3 Å². The molecular weight excluding hydrogens is 226 g/mol. The SMILES string of the molecule is CNC(c1ncn[nH]1)c1cncc2ccccc12. The second-order valence-corrected chi connectivity index (χ2v) is 4.04. The van der Waals surface area contributed by atoms with E-state index in [0.717, 1.165) is 16.8 Å². The molecule has 1 atom stereocenters. The molecule has 3 aromatic rings. The molecule has 1 unspecified atom stereocenters. The van der Waals surface area contributed by atoms with Crippen LogP contribution in [0.2, 0.25) is 0 Å². The summed E-state index contributed by atoms with van der Waals surface area (Å²) in [5.74, 6) is 0.788. The van der Waals surface area contributed by atoms with E-state index >= 15 is 0 Å². The summed E-state index contributed by atoms with van der Waals surface area (Å²) in [4.78, 5) is 8.50. The van der Waals surface area contributed by atoms with E-state index in [1.54, 1.807) is 0 Å². The molecule has 0 aliphatic heterocycles. The summed E-state index contributed by atoms with van der Waals surface area (Å²) >= 11 is 0. The first-order chi connectivity index (χ1) is 8.90. The lowest BCUT2D eigenvalue weighted by Gasteiger charge is -2.15. The van der Waals surface area contributed by atoms with Gasteiger partial charge < -0.3 is 5.32 Å². The van der Waals surface area contributed by atoms with E-state index in [2.05, 4.69) is 37.6 Å². The Balaban J connectivity index is 2.18. The van der Waals surface area contributed by atoms with Gasteiger partial charge in [0.05, 0.1) is 6.04 Å². The lowest BCUT2D eigenvalue weighted by atomic mass is 10.0. The zero-order chi connectivity index (χ0) is 12.4. The smallest absolute Gasteiger partial charge is 0.146 e. The maximum absolute atomic E-state index is 4.29. The maximum atomic E-state index is 4.29. The van der Waals surface area contributed by atoms with E-state index in [-0.39, 0.29) is 6.04 Å². The molecule has 2 aromatic heterocycles. The summed E-state index contributed by atoms with van der Waals surface area (Å²) in [6.07, 6.45) is 5.25. The minimum atomic E-state index is -0.0360. The van der Waals surface area contributed by atoms with Crippen molar-refractivity contribution in [1.82, 2.24) is 25.5 Å². The number of aromatic amines is 1. The summed E-state index contributed by atoms with van der Waals surface area (Å²) in [7, 11) is 1.90. The molecule has 0 aliphatic rings. The summed E-state index contributed by atoms with van der Waals surface area (Å²) < 4.78 is 0. The Morgan fingerprint density at radius 2 is 2.11 bits per heavy atom. The van der Waals surface area contributed by atoms with Gasteiger partial charge in [0.2, 0.25) is 0 Å². The van der Waals surface area contributed by atoms with Crippen LogP contribution in [0, 0.1) is 0 Å². The van der Waals surface area contributed by atoms with Crippen LogP contribution in [0.15, 0.2) is 43.0 Å². The molecule has 0 spiro atoms. The van der Waals surface area contributed by atoms with Crippen molar-refractivity contribution in [3.05, 3.63) is 54.4 Å². The van der Waals surface area contributed by atoms with Gasteiger partial charge in [-0.15, -0.1) is 0 Å². The van der Waals surface area contributed by atoms with Crippen LogP contribution in [0.4, 0.5) is 0 Å². The lowest BCUT2D eigenvalue weighted by molar-refractivity contribution is 0.652. The van der Waals surface area contributed by atoms with Crippen LogP contribution in [0.1, 0.15) is 17.4 Å². The standard InChI is InChI=1S/C13H13N5/c1-14-12(13-16-8-17-18-13)11-7-15-6-9-4-2-3-5-10(9)11/h2-8,12,14H,1H3,(H,16,17,18). The molecule has 1 aromatic carbocycles. The van der Waals surface area contributed by atoms with Crippen LogP contribution in [0.3, 0.4) is 0 Å². The maximum Gasteiger partial charge on any atom is 0.146 e. The average Bonchev–Trinajstić information content (AvgIpc) is 2.94. The number of rotatable bonds is 3. The second kappa shape index (κ2) is 4.54. The Morgan fingerprint density at radius 3 is 2.89 bits per heavy atom. The van der Waals surface area contributed by atoms with E-state index in [1.165, 1.54) is 11.7 Å². The Bertz CT molecular complexity index is 642. The largest absolute Gasteiger partial charge is 0.307 e. The van der Waals surface area contributed by atoms with Gasteiger partial charge in [-0.3, -0.25) is 10.1 Å². The number of pyridine rings is 1. The Labute approximate surface area is 104 Å². The molecule has 0 fully saturated rings. The minimum absolute atomic E-state index is 0.0360. The highest BCUT2D eigenvalue weighted by Crippen LogP contribution is 2.25. The van der Waals surface area contributed by atoms with Crippen molar-refractivity contribution in [1.29, 1.82) is 0 Å². The predicted octanol–water partition coefficient (Wildman–Crippen LogP) is 1.66. The quantitative estimate of drug-likeness (QED) is 0.729. The third-order valence-electron chi connectivity index (χ3n) is 3.01. The normalized spacial score (nSPS) is 12.7. The highest BCUT2D eigenvalue weighted by Gasteiger charge is 2.17. The molecule has 2 heterocycles. The molecule has 18 heavy (non-hydrogen) atoms. The number of fused-ring (bicyclic) bond motifs is 1. The zero-order valence-electron chi connectivity index (χ0n) is 9.96. The first-order valence-electron chi connectivity index (χ1n) is 5.75. The van der Waals surface area contributed by atoms with Crippen molar-refractivity contribution in [3.8, 4) is 0 Å². The Hall–Kier alpha value is -2.27. The summed E-state index contributed by atoms with van der Waals surface area (Å²) in [6.45, 7) is 0. The molecule has 2 N–H and O–H groups in total. The number of aromatic nitrogens is 4. The molecule has 0 radical (unpaired) electrons. The van der Waals surface area contributed by atoms with Gasteiger partial charge in [-0.25, -0.2) is 4.98 Å². The van der Waals surface area contributed by atoms with Crippen molar-refractivity contribution in [3.63, 3.8) is 0 Å². The first-order valence-corrected chi connectivity index (χ1v) is 5.75. The minimum Gasteiger partial charge on any atom is -0.307 e. The fraction of sp³-hybridized carbons (Fsp3) is 0.154. The van der Waals surface area contributed by atoms with Crippen molar-refractivity contribution in [2.24, 2.45) is 0 Å². The van der Waals surface area contributed by atoms with E-state index in [1.807, 2.05) is 31.6 Å². The van der Waals surface area contributed by atoms with Crippen molar-refractivity contribution in [2.45, 2.75) is 6.04 Å². The average molecular weight is 239 g/mol. The third-order valence-corrected chi connectivity index (χ3v) is 3.01. The molecule has 5 heteroatoms. The fourth-order valence-corrected chi connectivity index (χ4v) is 2.16. The summed E-state index contributed by atoms with van der Waals surface area (Å²) in [6, 6.07) is 8.15. The molecular formula is C13H13N5. The van der Waals surface area contributed by atoms with Crippen LogP contribution in [0.25, 0.3) is 10.8 Å². The predicted molar refractivity (Wildman–Crippen MR) is 69.0 cm³/mol. The van der Waals surface area contributed by atoms with Crippen molar-refractivity contribution >= 4 is 10.8 Å². The van der Waals surface area contributed by atoms with E-state index in [9.17, 15) is 0 Å². The Kier molecular flexibility index (Phi) is 2.74. The number of nitrogens with zero attached hydrogens (tertiary/aromatic N) is 3. The van der Waals surface area contributed by atoms with Crippen molar-refractivity contribution in [2.75, 3.05) is 7.05 Å². The van der Waals surface area contributed by atoms with Crippen LogP contribution >= 0.6 is 0 Å². The topological polar surface area (TPSA) is 66.5 Å². The lowest BCUT2D eigenvalue weighted by Crippen LogP contribution is -2.19. The van der Waals surface area contributed by atoms with E-state index in [4.69, 9.17) is 0 Å². The van der Waals surface area contributed by atoms with Gasteiger partial charge in [-0.2, -0.15) is 5.10 Å². The number of nitrogens with one attached hydrogen (secondary N) is 2. The van der Waals surface area contributed by atoms with Crippen LogP contribution in [-0.4, -0.2) is 27.2 Å². The van der Waals surface area contributed by atoms with Gasteiger partial charge in [0.15, 0.2) is 0 Å². The number of benzene rings is 1. The van der Waals surface area contributed by atoms with Crippen LogP contribution in [0.5, 0.6) is 0 Å². The van der Waals surface area contributed by atoms with E-state index < -0.39 is 0 Å². The number of hydrogen-bond donors (Lipinski definition) is 2. The molecule has 0 saturated heterocycles.